The summed E-state index contributed by atoms with van der Waals surface area (Å²) >= 11 is 0. The first-order chi connectivity index (χ1) is 22.6. The molecule has 4 heterocycles. The Balaban J connectivity index is 0.927. The average Bonchev–Trinajstić information content (AvgIpc) is 3.09. The Morgan fingerprint density at radius 2 is 1.39 bits per heavy atom. The number of methoxy groups -OCH3 is 1. The number of rotatable bonds is 15. The highest BCUT2D eigenvalue weighted by atomic mass is 16.5. The normalized spacial score (nSPS) is 26.3. The van der Waals surface area contributed by atoms with Crippen molar-refractivity contribution in [3.05, 3.63) is 108 Å². The molecule has 6 nitrogen and oxygen atoms in total. The maximum Gasteiger partial charge on any atom is 0.306 e. The zero-order valence-electron chi connectivity index (χ0n) is 27.8. The highest BCUT2D eigenvalue weighted by Crippen LogP contribution is 2.37. The molecule has 0 aromatic heterocycles. The summed E-state index contributed by atoms with van der Waals surface area (Å²) in [7, 11) is 1.87. The van der Waals surface area contributed by atoms with Crippen LogP contribution in [0.5, 0.6) is 0 Å². The molecule has 7 rings (SSSR count). The minimum atomic E-state index is 0.00814. The molecule has 2 bridgehead atoms. The second-order valence-corrected chi connectivity index (χ2v) is 14.1. The lowest BCUT2D eigenvalue weighted by Crippen LogP contribution is -2.63. The van der Waals surface area contributed by atoms with Crippen LogP contribution in [0.2, 0.25) is 0 Å². The summed E-state index contributed by atoms with van der Waals surface area (Å²) in [5, 5.41) is 0. The van der Waals surface area contributed by atoms with E-state index in [0.29, 0.717) is 18.4 Å². The first-order valence-electron chi connectivity index (χ1n) is 17.7. The van der Waals surface area contributed by atoms with Gasteiger partial charge in [0.25, 0.3) is 0 Å². The van der Waals surface area contributed by atoms with E-state index in [2.05, 4.69) is 101 Å². The molecular formula is C40H54N3O3+. The van der Waals surface area contributed by atoms with Crippen molar-refractivity contribution in [2.24, 2.45) is 5.92 Å². The Labute approximate surface area is 276 Å². The molecule has 4 saturated heterocycles. The van der Waals surface area contributed by atoms with Crippen LogP contribution in [0.1, 0.15) is 61.6 Å². The van der Waals surface area contributed by atoms with E-state index in [4.69, 9.17) is 9.47 Å². The highest BCUT2D eigenvalue weighted by molar-refractivity contribution is 5.69. The summed E-state index contributed by atoms with van der Waals surface area (Å²) in [6.45, 7) is 9.41. The van der Waals surface area contributed by atoms with Crippen LogP contribution >= 0.6 is 0 Å². The zero-order chi connectivity index (χ0) is 31.6. The molecule has 0 amide bonds. The number of quaternary nitrogens is 1. The lowest BCUT2D eigenvalue weighted by molar-refractivity contribution is -0.958. The average molecular weight is 625 g/mol. The molecule has 3 aromatic rings. The predicted octanol–water partition coefficient (Wildman–Crippen LogP) is 6.69. The maximum atomic E-state index is 12.9. The van der Waals surface area contributed by atoms with Crippen LogP contribution in [0.15, 0.2) is 91.0 Å². The molecule has 246 valence electrons. The van der Waals surface area contributed by atoms with Gasteiger partial charge in [0.15, 0.2) is 6.10 Å². The molecule has 46 heavy (non-hydrogen) atoms. The minimum absolute atomic E-state index is 0.00814. The second-order valence-electron chi connectivity index (χ2n) is 14.1. The smallest absolute Gasteiger partial charge is 0.306 e. The summed E-state index contributed by atoms with van der Waals surface area (Å²) in [6.07, 6.45) is 7.33. The number of nitrogens with zero attached hydrogens (tertiary/aromatic N) is 3. The van der Waals surface area contributed by atoms with Crippen molar-refractivity contribution in [2.45, 2.75) is 82.8 Å². The van der Waals surface area contributed by atoms with E-state index in [1.165, 1.54) is 42.6 Å². The van der Waals surface area contributed by atoms with E-state index < -0.39 is 0 Å². The molecule has 6 heteroatoms. The van der Waals surface area contributed by atoms with Gasteiger partial charge in [0.05, 0.1) is 19.2 Å². The number of hydrogen-bond acceptors (Lipinski definition) is 5. The SMILES string of the molecule is CO[C@H]1CN(CCCCCC(=O)O[C@H]2C[N+]3(Cc4ccccc4)CCC2CC3)CC[C@H]1N(Cc1ccccc1)Cc1ccccc1. The summed E-state index contributed by atoms with van der Waals surface area (Å²) in [5.41, 5.74) is 4.08. The van der Waals surface area contributed by atoms with Crippen LogP contribution in [0, 0.1) is 5.92 Å². The molecule has 4 fully saturated rings. The number of fused-ring (bicyclic) bond motifs is 3. The largest absolute Gasteiger partial charge is 0.456 e. The topological polar surface area (TPSA) is 42.0 Å². The molecule has 3 aromatic carbocycles. The molecule has 0 unspecified atom stereocenters. The van der Waals surface area contributed by atoms with E-state index in [0.717, 1.165) is 76.0 Å². The fourth-order valence-corrected chi connectivity index (χ4v) is 8.30. The number of unbranched alkanes of at least 4 members (excludes halogenated alkanes) is 2. The fourth-order valence-electron chi connectivity index (χ4n) is 8.30. The van der Waals surface area contributed by atoms with Crippen LogP contribution in [-0.2, 0) is 33.9 Å². The first kappa shape index (κ1) is 32.9. The van der Waals surface area contributed by atoms with Crippen molar-refractivity contribution in [1.29, 1.82) is 0 Å². The monoisotopic (exact) mass is 624 g/mol. The van der Waals surface area contributed by atoms with Gasteiger partial charge in [-0.05, 0) is 43.5 Å². The Hall–Kier alpha value is -3.03. The third kappa shape index (κ3) is 8.86. The van der Waals surface area contributed by atoms with Crippen molar-refractivity contribution in [3.8, 4) is 0 Å². The quantitative estimate of drug-likeness (QED) is 0.107. The lowest BCUT2D eigenvalue weighted by Gasteiger charge is -2.52. The van der Waals surface area contributed by atoms with Gasteiger partial charge in [-0.25, -0.2) is 0 Å². The van der Waals surface area contributed by atoms with Crippen LogP contribution in [-0.4, -0.2) is 84.9 Å². The summed E-state index contributed by atoms with van der Waals surface area (Å²) in [5.74, 6) is 0.557. The Morgan fingerprint density at radius 1 is 0.783 bits per heavy atom. The van der Waals surface area contributed by atoms with Crippen molar-refractivity contribution in [3.63, 3.8) is 0 Å². The molecule has 3 atom stereocenters. The van der Waals surface area contributed by atoms with Crippen molar-refractivity contribution in [2.75, 3.05) is 46.4 Å². The van der Waals surface area contributed by atoms with Gasteiger partial charge in [-0.2, -0.15) is 0 Å². The molecular weight excluding hydrogens is 570 g/mol. The molecule has 0 N–H and O–H groups in total. The van der Waals surface area contributed by atoms with Crippen molar-refractivity contribution in [1.82, 2.24) is 9.80 Å². The second kappa shape index (κ2) is 16.2. The van der Waals surface area contributed by atoms with Crippen molar-refractivity contribution >= 4 is 5.97 Å². The van der Waals surface area contributed by atoms with Crippen LogP contribution in [0.25, 0.3) is 0 Å². The van der Waals surface area contributed by atoms with Gasteiger partial charge in [0.1, 0.15) is 13.1 Å². The fraction of sp³-hybridized carbons (Fsp3) is 0.525. The molecule has 0 saturated carbocycles. The van der Waals surface area contributed by atoms with E-state index in [1.54, 1.807) is 0 Å². The van der Waals surface area contributed by atoms with Crippen molar-refractivity contribution < 1.29 is 18.8 Å². The minimum Gasteiger partial charge on any atom is -0.456 e. The zero-order valence-corrected chi connectivity index (χ0v) is 27.8. The molecule has 4 aliphatic heterocycles. The molecule has 0 radical (unpaired) electrons. The van der Waals surface area contributed by atoms with Crippen LogP contribution in [0.4, 0.5) is 0 Å². The third-order valence-corrected chi connectivity index (χ3v) is 10.9. The molecule has 4 aliphatic rings. The van der Waals surface area contributed by atoms with Gasteiger partial charge in [-0.1, -0.05) is 97.4 Å². The Morgan fingerprint density at radius 3 is 2.00 bits per heavy atom. The van der Waals surface area contributed by atoms with E-state index in [9.17, 15) is 4.79 Å². The van der Waals surface area contributed by atoms with Gasteiger partial charge in [0.2, 0.25) is 0 Å². The number of benzene rings is 3. The van der Waals surface area contributed by atoms with E-state index in [1.807, 2.05) is 7.11 Å². The van der Waals surface area contributed by atoms with Gasteiger partial charge >= 0.3 is 5.97 Å². The standard InChI is InChI=1S/C40H54N3O3/c1-45-38-30-41(25-21-37(38)42(28-33-14-6-2-7-15-33)29-34-16-8-3-9-17-34)24-13-5-12-20-40(44)46-39-32-43(26-22-36(39)23-27-43)31-35-18-10-4-11-19-35/h2-4,6-11,14-19,36-39H,5,12-13,20-32H2,1H3/q+1/t36?,37-,38+,39+,43?/m1/s1. The third-order valence-electron chi connectivity index (χ3n) is 10.9. The van der Waals surface area contributed by atoms with Gasteiger partial charge in [0, 0.05) is 63.5 Å². The van der Waals surface area contributed by atoms with Crippen LogP contribution in [0.3, 0.4) is 0 Å². The van der Waals surface area contributed by atoms with E-state index >= 15 is 0 Å². The summed E-state index contributed by atoms with van der Waals surface area (Å²) in [4.78, 5) is 18.1. The summed E-state index contributed by atoms with van der Waals surface area (Å²) in [6, 6.07) is 32.8. The Kier molecular flexibility index (Phi) is 11.6. The number of hydrogen-bond donors (Lipinski definition) is 0. The summed E-state index contributed by atoms with van der Waals surface area (Å²) < 4.78 is 13.4. The number of ether oxygens (including phenoxy) is 2. The van der Waals surface area contributed by atoms with Gasteiger partial charge in [-0.3, -0.25) is 9.69 Å². The number of likely N-dealkylation sites (tertiary alicyclic amines) is 1. The maximum absolute atomic E-state index is 12.9. The lowest BCUT2D eigenvalue weighted by atomic mass is 9.83. The molecule has 0 aliphatic carbocycles. The van der Waals surface area contributed by atoms with Gasteiger partial charge < -0.3 is 18.9 Å². The molecule has 0 spiro atoms. The number of carbonyl (C=O) groups excluding carboxylic acids is 1. The van der Waals surface area contributed by atoms with E-state index in [-0.39, 0.29) is 18.2 Å². The Bertz CT molecular complexity index is 1290. The number of piperidine rings is 4. The van der Waals surface area contributed by atoms with Crippen LogP contribution < -0.4 is 0 Å². The number of carbonyl (C=O) groups is 1. The highest BCUT2D eigenvalue weighted by Gasteiger charge is 2.47. The number of esters is 1. The van der Waals surface area contributed by atoms with Gasteiger partial charge in [-0.15, -0.1) is 0 Å². The predicted molar refractivity (Wildman–Crippen MR) is 184 cm³/mol. The first-order valence-corrected chi connectivity index (χ1v) is 17.7.